The van der Waals surface area contributed by atoms with Crippen LogP contribution in [-0.4, -0.2) is 31.1 Å². The molecule has 0 spiro atoms. The lowest BCUT2D eigenvalue weighted by atomic mass is 10.2. The fourth-order valence-corrected chi connectivity index (χ4v) is 6.09. The van der Waals surface area contributed by atoms with Gasteiger partial charge < -0.3 is 0 Å². The molecule has 0 saturated carbocycles. The van der Waals surface area contributed by atoms with Gasteiger partial charge in [0.15, 0.2) is 0 Å². The van der Waals surface area contributed by atoms with Crippen molar-refractivity contribution >= 4 is 27.0 Å². The number of nitrogens with zero attached hydrogens (tertiary/aromatic N) is 3. The maximum absolute atomic E-state index is 13.1. The Balaban J connectivity index is 1.61. The average Bonchev–Trinajstić information content (AvgIpc) is 3.29. The highest BCUT2D eigenvalue weighted by molar-refractivity contribution is 7.94. The minimum atomic E-state index is -2.64. The van der Waals surface area contributed by atoms with Gasteiger partial charge in [0.05, 0.1) is 32.4 Å². The van der Waals surface area contributed by atoms with E-state index in [1.54, 1.807) is 6.20 Å². The van der Waals surface area contributed by atoms with Crippen LogP contribution in [0.15, 0.2) is 45.8 Å². The van der Waals surface area contributed by atoms with Crippen LogP contribution in [0.2, 0.25) is 0 Å². The maximum Gasteiger partial charge on any atom is 0.259 e. The summed E-state index contributed by atoms with van der Waals surface area (Å²) in [6, 6.07) is 9.36. The Bertz CT molecular complexity index is 1060. The zero-order valence-corrected chi connectivity index (χ0v) is 15.2. The molecule has 0 fully saturated rings. The second-order valence-corrected chi connectivity index (χ2v) is 9.26. The summed E-state index contributed by atoms with van der Waals surface area (Å²) in [4.78, 5) is 18.5. The van der Waals surface area contributed by atoms with E-state index >= 15 is 0 Å². The highest BCUT2D eigenvalue weighted by Gasteiger charge is 2.25. The van der Waals surface area contributed by atoms with Gasteiger partial charge in [-0.2, -0.15) is 9.46 Å². The Hall–Kier alpha value is -2.32. The average molecular weight is 372 g/mol. The first-order chi connectivity index (χ1) is 12.0. The third-order valence-electron chi connectivity index (χ3n) is 4.15. The summed E-state index contributed by atoms with van der Waals surface area (Å²) in [5.41, 5.74) is 2.64. The molecule has 1 aromatic carbocycles. The molecule has 0 radical (unpaired) electrons. The summed E-state index contributed by atoms with van der Waals surface area (Å²) in [5, 5.41) is 7.57. The van der Waals surface area contributed by atoms with Crippen LogP contribution in [0.3, 0.4) is 0 Å². The molecule has 1 aliphatic heterocycles. The van der Waals surface area contributed by atoms with Gasteiger partial charge in [-0.25, -0.2) is 9.19 Å². The molecule has 128 valence electrons. The van der Waals surface area contributed by atoms with E-state index in [4.69, 9.17) is 0 Å². The summed E-state index contributed by atoms with van der Waals surface area (Å²) in [6.07, 6.45) is 2.49. The van der Waals surface area contributed by atoms with E-state index in [9.17, 15) is 9.00 Å². The molecule has 8 heteroatoms. The van der Waals surface area contributed by atoms with Gasteiger partial charge >= 0.3 is 0 Å². The zero-order valence-electron chi connectivity index (χ0n) is 13.6. The summed E-state index contributed by atoms with van der Waals surface area (Å²) < 4.78 is 17.2. The molecule has 4 rings (SSSR count). The van der Waals surface area contributed by atoms with Crippen molar-refractivity contribution in [3.8, 4) is 10.7 Å². The summed E-state index contributed by atoms with van der Waals surface area (Å²) in [5.74, 6) is 0.0590. The second-order valence-electron chi connectivity index (χ2n) is 5.86. The molecular formula is C17H16N4O2S2. The molecule has 3 aromatic rings. The Morgan fingerprint density at radius 2 is 2.20 bits per heavy atom. The number of carbonyl (C=O) groups excluding carboxylic acids is 1. The summed E-state index contributed by atoms with van der Waals surface area (Å²) in [6.45, 7) is 1.86. The molecular weight excluding hydrogens is 356 g/mol. The van der Waals surface area contributed by atoms with Crippen LogP contribution < -0.4 is 0 Å². The molecule has 0 aliphatic carbocycles. The molecule has 1 amide bonds. The van der Waals surface area contributed by atoms with Gasteiger partial charge in [-0.3, -0.25) is 9.89 Å². The van der Waals surface area contributed by atoms with Gasteiger partial charge in [0.25, 0.3) is 5.91 Å². The van der Waals surface area contributed by atoms with E-state index < -0.39 is 9.73 Å². The standard InChI is InChI=1S/C17H16N4O2S2/c1-11-14(24-17(19-11)13-6-8-18-20-13)10-16(22)21-25(23)9-7-12-4-2-3-5-15(12)25/h2-6,8H,7,9-10H2,1H3,(H,18,20). The highest BCUT2D eigenvalue weighted by Crippen LogP contribution is 2.29. The smallest absolute Gasteiger partial charge is 0.259 e. The quantitative estimate of drug-likeness (QED) is 0.765. The number of aromatic nitrogens is 3. The SMILES string of the molecule is Cc1nc(-c2ccn[nH]2)sc1CC(=O)N=S1(=O)CCc2ccccc21. The second kappa shape index (κ2) is 6.20. The Labute approximate surface area is 149 Å². The van der Waals surface area contributed by atoms with E-state index in [2.05, 4.69) is 19.5 Å². The maximum atomic E-state index is 13.1. The van der Waals surface area contributed by atoms with Crippen molar-refractivity contribution in [2.75, 3.05) is 5.75 Å². The number of carbonyl (C=O) groups is 1. The number of aromatic amines is 1. The molecule has 1 unspecified atom stereocenters. The number of hydrogen-bond donors (Lipinski definition) is 1. The normalized spacial score (nSPS) is 18.9. The van der Waals surface area contributed by atoms with Crippen molar-refractivity contribution < 1.29 is 9.00 Å². The third-order valence-corrected chi connectivity index (χ3v) is 7.68. The van der Waals surface area contributed by atoms with Gasteiger partial charge in [0.1, 0.15) is 5.01 Å². The molecule has 0 saturated heterocycles. The fraction of sp³-hybridized carbons (Fsp3) is 0.235. The van der Waals surface area contributed by atoms with Crippen molar-refractivity contribution in [2.45, 2.75) is 24.7 Å². The molecule has 6 nitrogen and oxygen atoms in total. The summed E-state index contributed by atoms with van der Waals surface area (Å²) in [7, 11) is -2.64. The number of nitrogens with one attached hydrogen (secondary N) is 1. The van der Waals surface area contributed by atoms with Crippen LogP contribution >= 0.6 is 11.3 Å². The zero-order chi connectivity index (χ0) is 17.4. The number of amides is 1. The Morgan fingerprint density at radius 1 is 1.36 bits per heavy atom. The molecule has 0 bridgehead atoms. The Kier molecular flexibility index (Phi) is 4.01. The molecule has 2 aromatic heterocycles. The van der Waals surface area contributed by atoms with E-state index in [0.717, 1.165) is 26.8 Å². The van der Waals surface area contributed by atoms with Gasteiger partial charge in [-0.1, -0.05) is 18.2 Å². The lowest BCUT2D eigenvalue weighted by molar-refractivity contribution is -0.116. The molecule has 25 heavy (non-hydrogen) atoms. The molecule has 1 N–H and O–H groups in total. The minimum absolute atomic E-state index is 0.122. The van der Waals surface area contributed by atoms with Crippen molar-refractivity contribution in [1.29, 1.82) is 0 Å². The highest BCUT2D eigenvalue weighted by atomic mass is 32.2. The minimum Gasteiger partial charge on any atom is -0.275 e. The number of thiazole rings is 1. The first-order valence-corrected chi connectivity index (χ1v) is 10.4. The molecule has 3 heterocycles. The Morgan fingerprint density at radius 3 is 3.00 bits per heavy atom. The topological polar surface area (TPSA) is 88.1 Å². The number of hydrogen-bond acceptors (Lipinski definition) is 5. The third kappa shape index (κ3) is 3.03. The number of H-pyrrole nitrogens is 1. The first kappa shape index (κ1) is 16.2. The van der Waals surface area contributed by atoms with Gasteiger partial charge in [-0.15, -0.1) is 11.3 Å². The van der Waals surface area contributed by atoms with Crippen LogP contribution in [0, 0.1) is 6.92 Å². The van der Waals surface area contributed by atoms with Crippen LogP contribution in [0.5, 0.6) is 0 Å². The van der Waals surface area contributed by atoms with Crippen molar-refractivity contribution in [1.82, 2.24) is 15.2 Å². The largest absolute Gasteiger partial charge is 0.275 e. The van der Waals surface area contributed by atoms with Crippen LogP contribution in [0.4, 0.5) is 0 Å². The first-order valence-electron chi connectivity index (χ1n) is 7.87. The number of aryl methyl sites for hydroxylation is 2. The lowest BCUT2D eigenvalue weighted by Crippen LogP contribution is -2.07. The van der Waals surface area contributed by atoms with E-state index in [0.29, 0.717) is 17.1 Å². The van der Waals surface area contributed by atoms with Crippen LogP contribution in [0.25, 0.3) is 10.7 Å². The van der Waals surface area contributed by atoms with Crippen molar-refractivity contribution in [2.24, 2.45) is 4.36 Å². The van der Waals surface area contributed by atoms with Gasteiger partial charge in [0.2, 0.25) is 0 Å². The van der Waals surface area contributed by atoms with E-state index in [1.165, 1.54) is 11.3 Å². The van der Waals surface area contributed by atoms with Gasteiger partial charge in [-0.05, 0) is 31.0 Å². The number of benzene rings is 1. The van der Waals surface area contributed by atoms with E-state index in [-0.39, 0.29) is 12.3 Å². The summed E-state index contributed by atoms with van der Waals surface area (Å²) >= 11 is 1.43. The molecule has 1 aliphatic rings. The van der Waals surface area contributed by atoms with Crippen LogP contribution in [-0.2, 0) is 27.4 Å². The lowest BCUT2D eigenvalue weighted by Gasteiger charge is -2.02. The number of fused-ring (bicyclic) bond motifs is 1. The van der Waals surface area contributed by atoms with Crippen molar-refractivity contribution in [3.05, 3.63) is 52.7 Å². The predicted molar refractivity (Wildman–Crippen MR) is 97.0 cm³/mol. The predicted octanol–water partition coefficient (Wildman–Crippen LogP) is 2.99. The van der Waals surface area contributed by atoms with Crippen molar-refractivity contribution in [3.63, 3.8) is 0 Å². The molecule has 1 atom stereocenters. The van der Waals surface area contributed by atoms with Crippen LogP contribution in [0.1, 0.15) is 16.1 Å². The fourth-order valence-electron chi connectivity index (χ4n) is 2.89. The monoisotopic (exact) mass is 372 g/mol. The number of rotatable bonds is 3. The van der Waals surface area contributed by atoms with Gasteiger partial charge in [0, 0.05) is 16.8 Å². The van der Waals surface area contributed by atoms with E-state index in [1.807, 2.05) is 37.3 Å².